The van der Waals surface area contributed by atoms with Gasteiger partial charge >= 0.3 is 6.18 Å². The second-order valence-electron chi connectivity index (χ2n) is 8.00. The van der Waals surface area contributed by atoms with Crippen LogP contribution in [0.3, 0.4) is 0 Å². The third kappa shape index (κ3) is 6.61. The summed E-state index contributed by atoms with van der Waals surface area (Å²) in [7, 11) is 0. The number of alkyl halides is 3. The fourth-order valence-electron chi connectivity index (χ4n) is 3.60. The van der Waals surface area contributed by atoms with Crippen LogP contribution in [0.1, 0.15) is 18.4 Å². The number of pyridine rings is 1. The molecule has 3 aromatic rings. The number of ether oxygens (including phenoxy) is 2. The van der Waals surface area contributed by atoms with Crippen LogP contribution in [-0.2, 0) is 20.5 Å². The number of benzene rings is 2. The summed E-state index contributed by atoms with van der Waals surface area (Å²) in [6, 6.07) is 12.5. The standard InChI is InChI=1S/C24H21ClF3N3O4/c25-16-4-8-19-14(11-16)1-10-21(30-19)31-23(33)20-9-5-17(12-35-20)29-22(32)13-34-18-6-2-15(3-7-18)24(26,27)28/h1-4,6-8,10-11,17,20H,5,9,12-13H2,(H,29,32)(H,30,31,33)/t17-,20+/m0/s1. The van der Waals surface area contributed by atoms with Crippen LogP contribution < -0.4 is 15.4 Å². The predicted molar refractivity (Wildman–Crippen MR) is 123 cm³/mol. The summed E-state index contributed by atoms with van der Waals surface area (Å²) in [6.07, 6.45) is -4.23. The number of rotatable bonds is 6. The summed E-state index contributed by atoms with van der Waals surface area (Å²) in [6.45, 7) is -0.224. The van der Waals surface area contributed by atoms with E-state index < -0.39 is 23.8 Å². The summed E-state index contributed by atoms with van der Waals surface area (Å²) < 4.78 is 48.7. The number of nitrogens with one attached hydrogen (secondary N) is 2. The van der Waals surface area contributed by atoms with Crippen molar-refractivity contribution in [3.05, 3.63) is 65.2 Å². The van der Waals surface area contributed by atoms with E-state index in [0.29, 0.717) is 29.2 Å². The molecule has 184 valence electrons. The van der Waals surface area contributed by atoms with E-state index in [4.69, 9.17) is 21.1 Å². The molecule has 35 heavy (non-hydrogen) atoms. The molecule has 11 heteroatoms. The third-order valence-corrected chi connectivity index (χ3v) is 5.62. The van der Waals surface area contributed by atoms with E-state index in [2.05, 4.69) is 15.6 Å². The molecule has 0 saturated carbocycles. The van der Waals surface area contributed by atoms with Gasteiger partial charge in [-0.25, -0.2) is 4.98 Å². The third-order valence-electron chi connectivity index (χ3n) is 5.39. The van der Waals surface area contributed by atoms with E-state index >= 15 is 0 Å². The SMILES string of the molecule is O=C(COc1ccc(C(F)(F)F)cc1)N[C@H]1CC[C@H](C(=O)Nc2ccc3cc(Cl)ccc3n2)OC1. The van der Waals surface area contributed by atoms with Crippen LogP contribution in [0.25, 0.3) is 10.9 Å². The Kier molecular flexibility index (Phi) is 7.42. The number of fused-ring (bicyclic) bond motifs is 1. The molecule has 1 aromatic heterocycles. The minimum atomic E-state index is -4.44. The molecule has 2 N–H and O–H groups in total. The molecule has 2 amide bonds. The van der Waals surface area contributed by atoms with Gasteiger partial charge in [0.1, 0.15) is 17.7 Å². The number of carbonyl (C=O) groups is 2. The van der Waals surface area contributed by atoms with Crippen LogP contribution in [-0.4, -0.2) is 42.2 Å². The van der Waals surface area contributed by atoms with Crippen molar-refractivity contribution in [2.24, 2.45) is 0 Å². The van der Waals surface area contributed by atoms with Crippen molar-refractivity contribution in [3.8, 4) is 5.75 Å². The zero-order valence-electron chi connectivity index (χ0n) is 18.3. The summed E-state index contributed by atoms with van der Waals surface area (Å²) >= 11 is 5.97. The van der Waals surface area contributed by atoms with Gasteiger partial charge in [0.25, 0.3) is 11.8 Å². The highest BCUT2D eigenvalue weighted by molar-refractivity contribution is 6.31. The van der Waals surface area contributed by atoms with Crippen molar-refractivity contribution in [1.29, 1.82) is 0 Å². The lowest BCUT2D eigenvalue weighted by atomic mass is 10.0. The van der Waals surface area contributed by atoms with Gasteiger partial charge in [-0.15, -0.1) is 0 Å². The summed E-state index contributed by atoms with van der Waals surface area (Å²) in [5.41, 5.74) is -0.105. The topological polar surface area (TPSA) is 89.5 Å². The van der Waals surface area contributed by atoms with Gasteiger partial charge in [0.2, 0.25) is 0 Å². The van der Waals surface area contributed by atoms with Crippen molar-refractivity contribution in [2.45, 2.75) is 31.2 Å². The Bertz CT molecular complexity index is 1210. The van der Waals surface area contributed by atoms with Crippen LogP contribution in [0.4, 0.5) is 19.0 Å². The smallest absolute Gasteiger partial charge is 0.416 e. The molecule has 0 spiro atoms. The van der Waals surface area contributed by atoms with Crippen molar-refractivity contribution >= 4 is 40.1 Å². The summed E-state index contributed by atoms with van der Waals surface area (Å²) in [5.74, 6) is -0.234. The number of aromatic nitrogens is 1. The maximum Gasteiger partial charge on any atom is 0.416 e. The minimum absolute atomic E-state index is 0.133. The van der Waals surface area contributed by atoms with E-state index in [-0.39, 0.29) is 30.9 Å². The second kappa shape index (κ2) is 10.5. The Morgan fingerprint density at radius 3 is 2.54 bits per heavy atom. The van der Waals surface area contributed by atoms with Crippen LogP contribution in [0.2, 0.25) is 5.02 Å². The number of carbonyl (C=O) groups excluding carboxylic acids is 2. The molecule has 4 rings (SSSR count). The van der Waals surface area contributed by atoms with Crippen LogP contribution in [0.15, 0.2) is 54.6 Å². The van der Waals surface area contributed by atoms with Crippen LogP contribution in [0, 0.1) is 0 Å². The predicted octanol–water partition coefficient (Wildman–Crippen LogP) is 4.59. The van der Waals surface area contributed by atoms with E-state index in [9.17, 15) is 22.8 Å². The molecule has 7 nitrogen and oxygen atoms in total. The number of halogens is 4. The highest BCUT2D eigenvalue weighted by Gasteiger charge is 2.30. The van der Waals surface area contributed by atoms with Crippen LogP contribution in [0.5, 0.6) is 5.75 Å². The average Bonchev–Trinajstić information content (AvgIpc) is 2.83. The molecule has 0 aliphatic carbocycles. The Labute approximate surface area is 203 Å². The van der Waals surface area contributed by atoms with Gasteiger partial charge in [-0.2, -0.15) is 13.2 Å². The fraction of sp³-hybridized carbons (Fsp3) is 0.292. The first-order valence-electron chi connectivity index (χ1n) is 10.8. The fourth-order valence-corrected chi connectivity index (χ4v) is 3.78. The summed E-state index contributed by atoms with van der Waals surface area (Å²) in [5, 5.41) is 6.92. The van der Waals surface area contributed by atoms with Gasteiger partial charge in [-0.1, -0.05) is 11.6 Å². The first-order valence-corrected chi connectivity index (χ1v) is 11.1. The molecular formula is C24H21ClF3N3O4. The van der Waals surface area contributed by atoms with Gasteiger partial charge in [0.05, 0.1) is 23.7 Å². The van der Waals surface area contributed by atoms with E-state index in [0.717, 1.165) is 29.7 Å². The maximum absolute atomic E-state index is 12.6. The Balaban J connectivity index is 1.21. The van der Waals surface area contributed by atoms with Gasteiger partial charge < -0.3 is 20.1 Å². The lowest BCUT2D eigenvalue weighted by Crippen LogP contribution is -2.47. The molecule has 2 atom stereocenters. The zero-order valence-corrected chi connectivity index (χ0v) is 19.0. The van der Waals surface area contributed by atoms with E-state index in [1.807, 2.05) is 6.07 Å². The quantitative estimate of drug-likeness (QED) is 0.509. The molecule has 0 radical (unpaired) electrons. The number of amides is 2. The monoisotopic (exact) mass is 507 g/mol. The number of hydrogen-bond donors (Lipinski definition) is 2. The molecule has 1 saturated heterocycles. The van der Waals surface area contributed by atoms with Gasteiger partial charge in [-0.05, 0) is 67.4 Å². The second-order valence-corrected chi connectivity index (χ2v) is 8.43. The number of hydrogen-bond acceptors (Lipinski definition) is 5. The molecular weight excluding hydrogens is 487 g/mol. The highest BCUT2D eigenvalue weighted by Crippen LogP contribution is 2.30. The average molecular weight is 508 g/mol. The Morgan fingerprint density at radius 2 is 1.86 bits per heavy atom. The van der Waals surface area contributed by atoms with E-state index in [1.165, 1.54) is 0 Å². The van der Waals surface area contributed by atoms with Crippen molar-refractivity contribution in [2.75, 3.05) is 18.5 Å². The molecule has 0 bridgehead atoms. The molecule has 1 aliphatic rings. The Morgan fingerprint density at radius 1 is 1.09 bits per heavy atom. The normalized spacial score (nSPS) is 18.2. The minimum Gasteiger partial charge on any atom is -0.484 e. The number of anilines is 1. The molecule has 1 aliphatic heterocycles. The Hall–Kier alpha value is -3.37. The van der Waals surface area contributed by atoms with Crippen molar-refractivity contribution < 1.29 is 32.2 Å². The van der Waals surface area contributed by atoms with Crippen molar-refractivity contribution in [1.82, 2.24) is 10.3 Å². The van der Waals surface area contributed by atoms with Gasteiger partial charge in [0.15, 0.2) is 6.61 Å². The van der Waals surface area contributed by atoms with Gasteiger partial charge in [-0.3, -0.25) is 9.59 Å². The molecule has 2 heterocycles. The molecule has 1 fully saturated rings. The van der Waals surface area contributed by atoms with Crippen LogP contribution >= 0.6 is 11.6 Å². The van der Waals surface area contributed by atoms with E-state index in [1.54, 1.807) is 24.3 Å². The highest BCUT2D eigenvalue weighted by atomic mass is 35.5. The van der Waals surface area contributed by atoms with Gasteiger partial charge in [0, 0.05) is 10.4 Å². The number of nitrogens with zero attached hydrogens (tertiary/aromatic N) is 1. The first-order chi connectivity index (χ1) is 16.7. The largest absolute Gasteiger partial charge is 0.484 e. The summed E-state index contributed by atoms with van der Waals surface area (Å²) in [4.78, 5) is 29.1. The zero-order chi connectivity index (χ0) is 25.0. The lowest BCUT2D eigenvalue weighted by molar-refractivity contribution is -0.137. The molecule has 2 aromatic carbocycles. The maximum atomic E-state index is 12.6. The lowest BCUT2D eigenvalue weighted by Gasteiger charge is -2.28. The molecule has 0 unspecified atom stereocenters. The first kappa shape index (κ1) is 24.7. The van der Waals surface area contributed by atoms with Crippen molar-refractivity contribution in [3.63, 3.8) is 0 Å².